The van der Waals surface area contributed by atoms with E-state index in [1.165, 1.54) is 18.3 Å². The summed E-state index contributed by atoms with van der Waals surface area (Å²) >= 11 is 1.32. The Morgan fingerprint density at radius 1 is 1.00 bits per heavy atom. The number of fused-ring (bicyclic) bond motifs is 1. The van der Waals surface area contributed by atoms with E-state index in [0.717, 1.165) is 10.1 Å². The second-order valence-corrected chi connectivity index (χ2v) is 6.66. The Morgan fingerprint density at radius 2 is 1.65 bits per heavy atom. The molecule has 1 amide bonds. The van der Waals surface area contributed by atoms with E-state index in [1.54, 1.807) is 31.2 Å². The van der Waals surface area contributed by atoms with Crippen LogP contribution in [-0.2, 0) is 4.74 Å². The molecule has 26 heavy (non-hydrogen) atoms. The second kappa shape index (κ2) is 7.49. The Bertz CT molecular complexity index is 989. The highest BCUT2D eigenvalue weighted by Crippen LogP contribution is 2.36. The van der Waals surface area contributed by atoms with E-state index >= 15 is 0 Å². The highest BCUT2D eigenvalue weighted by Gasteiger charge is 2.21. The third-order valence-corrected chi connectivity index (χ3v) is 4.94. The summed E-state index contributed by atoms with van der Waals surface area (Å²) in [7, 11) is 0. The van der Waals surface area contributed by atoms with Crippen molar-refractivity contribution in [3.63, 3.8) is 0 Å². The summed E-state index contributed by atoms with van der Waals surface area (Å²) < 4.78 is 6.03. The van der Waals surface area contributed by atoms with Gasteiger partial charge in [0.25, 0.3) is 5.91 Å². The van der Waals surface area contributed by atoms with Crippen molar-refractivity contribution in [1.29, 1.82) is 0 Å². The standard InChI is InChI=1S/C20H17NO4S/c1-3-25-20(24)17-15-6-4-5-7-16(15)26-19(17)21-18(23)14-10-8-13(9-11-14)12(2)22/h4-11H,3H2,1-2H3,(H,21,23). The molecule has 0 aliphatic rings. The number of rotatable bonds is 5. The number of esters is 1. The Hall–Kier alpha value is -2.99. The van der Waals surface area contributed by atoms with Crippen LogP contribution in [0.15, 0.2) is 48.5 Å². The van der Waals surface area contributed by atoms with Gasteiger partial charge in [-0.2, -0.15) is 0 Å². The number of benzene rings is 2. The molecule has 0 saturated carbocycles. The summed E-state index contributed by atoms with van der Waals surface area (Å²) in [6.45, 7) is 3.46. The van der Waals surface area contributed by atoms with Crippen LogP contribution >= 0.6 is 11.3 Å². The quantitative estimate of drug-likeness (QED) is 0.531. The molecule has 1 N–H and O–H groups in total. The van der Waals surface area contributed by atoms with Crippen molar-refractivity contribution < 1.29 is 19.1 Å². The predicted octanol–water partition coefficient (Wildman–Crippen LogP) is 4.53. The summed E-state index contributed by atoms with van der Waals surface area (Å²) in [5.74, 6) is -0.879. The van der Waals surface area contributed by atoms with Crippen molar-refractivity contribution >= 4 is 44.1 Å². The van der Waals surface area contributed by atoms with Gasteiger partial charge in [0, 0.05) is 21.2 Å². The first-order chi connectivity index (χ1) is 12.5. The number of nitrogens with one attached hydrogen (secondary N) is 1. The first kappa shape index (κ1) is 17.8. The van der Waals surface area contributed by atoms with Crippen molar-refractivity contribution in [2.24, 2.45) is 0 Å². The van der Waals surface area contributed by atoms with Crippen molar-refractivity contribution in [2.45, 2.75) is 13.8 Å². The van der Waals surface area contributed by atoms with Crippen LogP contribution < -0.4 is 5.32 Å². The van der Waals surface area contributed by atoms with Crippen LogP contribution in [0.3, 0.4) is 0 Å². The Labute approximate surface area is 154 Å². The molecule has 6 heteroatoms. The summed E-state index contributed by atoms with van der Waals surface area (Å²) in [6, 6.07) is 13.8. The molecule has 2 aromatic carbocycles. The van der Waals surface area contributed by atoms with Crippen LogP contribution in [0.2, 0.25) is 0 Å². The smallest absolute Gasteiger partial charge is 0.341 e. The molecule has 1 heterocycles. The van der Waals surface area contributed by atoms with Gasteiger partial charge in [-0.3, -0.25) is 9.59 Å². The van der Waals surface area contributed by atoms with Crippen molar-refractivity contribution in [2.75, 3.05) is 11.9 Å². The molecule has 3 aromatic rings. The maximum atomic E-state index is 12.6. The summed E-state index contributed by atoms with van der Waals surface area (Å²) in [6.07, 6.45) is 0. The number of carbonyl (C=O) groups excluding carboxylic acids is 3. The molecular formula is C20H17NO4S. The van der Waals surface area contributed by atoms with Gasteiger partial charge in [-0.25, -0.2) is 4.79 Å². The minimum Gasteiger partial charge on any atom is -0.462 e. The van der Waals surface area contributed by atoms with Crippen LogP contribution in [0, 0.1) is 0 Å². The Kier molecular flexibility index (Phi) is 5.14. The average molecular weight is 367 g/mol. The minimum absolute atomic E-state index is 0.0638. The van der Waals surface area contributed by atoms with E-state index < -0.39 is 5.97 Å². The van der Waals surface area contributed by atoms with E-state index in [-0.39, 0.29) is 18.3 Å². The third-order valence-electron chi connectivity index (χ3n) is 3.86. The van der Waals surface area contributed by atoms with Gasteiger partial charge in [0.05, 0.1) is 6.61 Å². The fourth-order valence-electron chi connectivity index (χ4n) is 2.57. The topological polar surface area (TPSA) is 72.5 Å². The SMILES string of the molecule is CCOC(=O)c1c(NC(=O)c2ccc(C(C)=O)cc2)sc2ccccc12. The number of anilines is 1. The lowest BCUT2D eigenvalue weighted by atomic mass is 10.1. The predicted molar refractivity (Wildman–Crippen MR) is 102 cm³/mol. The number of hydrogen-bond acceptors (Lipinski definition) is 5. The molecular weight excluding hydrogens is 350 g/mol. The van der Waals surface area contributed by atoms with Crippen molar-refractivity contribution in [3.05, 3.63) is 65.2 Å². The van der Waals surface area contributed by atoms with Gasteiger partial charge in [0.2, 0.25) is 0 Å². The number of carbonyl (C=O) groups is 3. The lowest BCUT2D eigenvalue weighted by Crippen LogP contribution is -2.14. The van der Waals surface area contributed by atoms with Crippen LogP contribution in [0.5, 0.6) is 0 Å². The monoisotopic (exact) mass is 367 g/mol. The molecule has 0 radical (unpaired) electrons. The van der Waals surface area contributed by atoms with E-state index in [4.69, 9.17) is 4.74 Å². The highest BCUT2D eigenvalue weighted by atomic mass is 32.1. The van der Waals surface area contributed by atoms with E-state index in [2.05, 4.69) is 5.32 Å². The molecule has 0 fully saturated rings. The summed E-state index contributed by atoms with van der Waals surface area (Å²) in [5.41, 5.74) is 1.30. The molecule has 5 nitrogen and oxygen atoms in total. The first-order valence-corrected chi connectivity index (χ1v) is 8.94. The molecule has 0 bridgehead atoms. The summed E-state index contributed by atoms with van der Waals surface area (Å²) in [5, 5.41) is 4.00. The summed E-state index contributed by atoms with van der Waals surface area (Å²) in [4.78, 5) is 36.3. The van der Waals surface area contributed by atoms with Gasteiger partial charge in [-0.1, -0.05) is 30.3 Å². The molecule has 132 valence electrons. The Balaban J connectivity index is 1.94. The van der Waals surface area contributed by atoms with Crippen molar-refractivity contribution in [3.8, 4) is 0 Å². The zero-order valence-corrected chi connectivity index (χ0v) is 15.2. The lowest BCUT2D eigenvalue weighted by molar-refractivity contribution is 0.0530. The average Bonchev–Trinajstić information content (AvgIpc) is 2.99. The second-order valence-electron chi connectivity index (χ2n) is 5.61. The fourth-order valence-corrected chi connectivity index (χ4v) is 3.66. The number of thiophene rings is 1. The molecule has 0 saturated heterocycles. The first-order valence-electron chi connectivity index (χ1n) is 8.12. The molecule has 0 atom stereocenters. The van der Waals surface area contributed by atoms with Crippen LogP contribution in [0.1, 0.15) is 44.9 Å². The van der Waals surface area contributed by atoms with Crippen molar-refractivity contribution in [1.82, 2.24) is 0 Å². The molecule has 0 unspecified atom stereocenters. The normalized spacial score (nSPS) is 10.5. The largest absolute Gasteiger partial charge is 0.462 e. The highest BCUT2D eigenvalue weighted by molar-refractivity contribution is 7.23. The molecule has 0 aliphatic carbocycles. The van der Waals surface area contributed by atoms with Crippen LogP contribution in [0.4, 0.5) is 5.00 Å². The van der Waals surface area contributed by atoms with E-state index in [9.17, 15) is 14.4 Å². The van der Waals surface area contributed by atoms with Gasteiger partial charge in [0.15, 0.2) is 5.78 Å². The maximum Gasteiger partial charge on any atom is 0.341 e. The van der Waals surface area contributed by atoms with E-state index in [0.29, 0.717) is 21.7 Å². The Morgan fingerprint density at radius 3 is 2.31 bits per heavy atom. The number of ether oxygens (including phenoxy) is 1. The molecule has 0 aliphatic heterocycles. The molecule has 0 spiro atoms. The zero-order valence-electron chi connectivity index (χ0n) is 14.4. The van der Waals surface area contributed by atoms with Gasteiger partial charge >= 0.3 is 5.97 Å². The van der Waals surface area contributed by atoms with Gasteiger partial charge in [0.1, 0.15) is 10.6 Å². The maximum absolute atomic E-state index is 12.6. The lowest BCUT2D eigenvalue weighted by Gasteiger charge is -2.07. The van der Waals surface area contributed by atoms with Crippen LogP contribution in [0.25, 0.3) is 10.1 Å². The zero-order chi connectivity index (χ0) is 18.7. The molecule has 3 rings (SSSR count). The van der Waals surface area contributed by atoms with Crippen LogP contribution in [-0.4, -0.2) is 24.3 Å². The fraction of sp³-hybridized carbons (Fsp3) is 0.150. The third kappa shape index (κ3) is 3.50. The van der Waals surface area contributed by atoms with Gasteiger partial charge in [-0.05, 0) is 32.0 Å². The number of amides is 1. The number of Topliss-reactive ketones (excluding diaryl/α,β-unsaturated/α-hetero) is 1. The van der Waals surface area contributed by atoms with Gasteiger partial charge in [-0.15, -0.1) is 11.3 Å². The van der Waals surface area contributed by atoms with E-state index in [1.807, 2.05) is 24.3 Å². The van der Waals surface area contributed by atoms with Gasteiger partial charge < -0.3 is 10.1 Å². The number of hydrogen-bond donors (Lipinski definition) is 1. The minimum atomic E-state index is -0.466. The number of ketones is 1. The molecule has 1 aromatic heterocycles.